The summed E-state index contributed by atoms with van der Waals surface area (Å²) in [6.45, 7) is 9.14. The third-order valence-corrected chi connectivity index (χ3v) is 4.59. The lowest BCUT2D eigenvalue weighted by atomic mass is 10.00. The number of methoxy groups -OCH3 is 1. The molecule has 1 heterocycles. The van der Waals surface area contributed by atoms with E-state index < -0.39 is 0 Å². The van der Waals surface area contributed by atoms with Crippen molar-refractivity contribution in [1.82, 2.24) is 10.2 Å². The van der Waals surface area contributed by atoms with Crippen molar-refractivity contribution >= 4 is 0 Å². The van der Waals surface area contributed by atoms with E-state index in [9.17, 15) is 0 Å². The van der Waals surface area contributed by atoms with Gasteiger partial charge in [-0.3, -0.25) is 4.90 Å². The van der Waals surface area contributed by atoms with Crippen molar-refractivity contribution in [2.24, 2.45) is 0 Å². The van der Waals surface area contributed by atoms with E-state index in [0.29, 0.717) is 18.1 Å². The Kier molecular flexibility index (Phi) is 6.07. The number of piperidine rings is 1. The van der Waals surface area contributed by atoms with Crippen molar-refractivity contribution in [3.63, 3.8) is 0 Å². The van der Waals surface area contributed by atoms with Crippen LogP contribution < -0.4 is 10.1 Å². The molecule has 0 aliphatic carbocycles. The van der Waals surface area contributed by atoms with Crippen LogP contribution in [0.15, 0.2) is 24.3 Å². The predicted molar refractivity (Wildman–Crippen MR) is 88.9 cm³/mol. The van der Waals surface area contributed by atoms with Crippen molar-refractivity contribution in [3.05, 3.63) is 29.8 Å². The summed E-state index contributed by atoms with van der Waals surface area (Å²) < 4.78 is 5.54. The molecule has 0 radical (unpaired) electrons. The molecular formula is C18H30N2O. The Hall–Kier alpha value is -1.06. The minimum atomic E-state index is 0.366. The molecule has 2 rings (SSSR count). The number of benzene rings is 1. The lowest BCUT2D eigenvalue weighted by Gasteiger charge is -2.37. The number of rotatable bonds is 6. The number of nitrogens with zero attached hydrogens (tertiary/aromatic N) is 1. The maximum atomic E-state index is 5.54. The lowest BCUT2D eigenvalue weighted by molar-refractivity contribution is 0.136. The molecule has 0 amide bonds. The van der Waals surface area contributed by atoms with E-state index in [1.54, 1.807) is 7.11 Å². The summed E-state index contributed by atoms with van der Waals surface area (Å²) in [6.07, 6.45) is 3.97. The monoisotopic (exact) mass is 290 g/mol. The van der Waals surface area contributed by atoms with Crippen LogP contribution in [0.5, 0.6) is 5.75 Å². The Morgan fingerprint density at radius 2 is 2.00 bits per heavy atom. The first-order valence-electron chi connectivity index (χ1n) is 8.25. The van der Waals surface area contributed by atoms with Gasteiger partial charge < -0.3 is 10.1 Å². The first-order chi connectivity index (χ1) is 10.1. The molecule has 0 bridgehead atoms. The Balaban J connectivity index is 2.12. The van der Waals surface area contributed by atoms with Crippen molar-refractivity contribution in [1.29, 1.82) is 0 Å². The fraction of sp³-hybridized carbons (Fsp3) is 0.667. The first kappa shape index (κ1) is 16.3. The van der Waals surface area contributed by atoms with Crippen LogP contribution >= 0.6 is 0 Å². The fourth-order valence-electron chi connectivity index (χ4n) is 3.34. The van der Waals surface area contributed by atoms with Crippen LogP contribution in [-0.4, -0.2) is 37.2 Å². The van der Waals surface area contributed by atoms with Crippen LogP contribution in [0.25, 0.3) is 0 Å². The van der Waals surface area contributed by atoms with Gasteiger partial charge in [0.1, 0.15) is 5.75 Å². The molecule has 2 atom stereocenters. The second-order valence-electron chi connectivity index (χ2n) is 6.36. The maximum absolute atomic E-state index is 5.54. The Labute approximate surface area is 129 Å². The summed E-state index contributed by atoms with van der Waals surface area (Å²) in [5, 5.41) is 3.67. The number of nitrogens with one attached hydrogen (secondary N) is 1. The largest absolute Gasteiger partial charge is 0.496 e. The smallest absolute Gasteiger partial charge is 0.123 e. The van der Waals surface area contributed by atoms with Gasteiger partial charge in [0.25, 0.3) is 0 Å². The van der Waals surface area contributed by atoms with Crippen molar-refractivity contribution in [2.75, 3.05) is 20.2 Å². The van der Waals surface area contributed by atoms with Gasteiger partial charge in [-0.1, -0.05) is 24.6 Å². The number of hydrogen-bond acceptors (Lipinski definition) is 3. The molecule has 0 saturated carbocycles. The number of ether oxygens (including phenoxy) is 1. The van der Waals surface area contributed by atoms with Crippen molar-refractivity contribution in [2.45, 2.75) is 58.2 Å². The second-order valence-corrected chi connectivity index (χ2v) is 6.36. The molecule has 2 unspecified atom stereocenters. The zero-order valence-corrected chi connectivity index (χ0v) is 13.9. The van der Waals surface area contributed by atoms with Crippen LogP contribution in [-0.2, 0) is 0 Å². The second kappa shape index (κ2) is 7.81. The highest BCUT2D eigenvalue weighted by Gasteiger charge is 2.25. The minimum Gasteiger partial charge on any atom is -0.496 e. The van der Waals surface area contributed by atoms with Gasteiger partial charge in [0.05, 0.1) is 7.11 Å². The molecule has 1 aromatic rings. The highest BCUT2D eigenvalue weighted by molar-refractivity contribution is 5.35. The van der Waals surface area contributed by atoms with Gasteiger partial charge in [-0.2, -0.15) is 0 Å². The molecule has 1 aliphatic heterocycles. The SMILES string of the molecule is COc1ccccc1C(C)N(CC1CCCCN1)C(C)C. The topological polar surface area (TPSA) is 24.5 Å². The Bertz CT molecular complexity index is 427. The molecule has 1 saturated heterocycles. The molecule has 21 heavy (non-hydrogen) atoms. The standard InChI is InChI=1S/C18H30N2O/c1-14(2)20(13-16-9-7-8-12-19-16)15(3)17-10-5-6-11-18(17)21-4/h5-6,10-11,14-16,19H,7-9,12-13H2,1-4H3. The van der Waals surface area contributed by atoms with E-state index >= 15 is 0 Å². The molecule has 0 aromatic heterocycles. The summed E-state index contributed by atoms with van der Waals surface area (Å²) in [7, 11) is 1.76. The zero-order chi connectivity index (χ0) is 15.2. The summed E-state index contributed by atoms with van der Waals surface area (Å²) >= 11 is 0. The molecule has 1 aliphatic rings. The molecule has 0 spiro atoms. The first-order valence-corrected chi connectivity index (χ1v) is 8.25. The fourth-order valence-corrected chi connectivity index (χ4v) is 3.34. The average Bonchev–Trinajstić information content (AvgIpc) is 2.52. The van der Waals surface area contributed by atoms with Crippen LogP contribution in [0.1, 0.15) is 51.6 Å². The van der Waals surface area contributed by atoms with E-state index in [0.717, 1.165) is 12.3 Å². The quantitative estimate of drug-likeness (QED) is 0.866. The van der Waals surface area contributed by atoms with Crippen LogP contribution in [0, 0.1) is 0 Å². The van der Waals surface area contributed by atoms with Gasteiger partial charge in [-0.15, -0.1) is 0 Å². The summed E-state index contributed by atoms with van der Waals surface area (Å²) in [5.41, 5.74) is 1.28. The van der Waals surface area contributed by atoms with Crippen LogP contribution in [0.2, 0.25) is 0 Å². The van der Waals surface area contributed by atoms with Crippen molar-refractivity contribution in [3.8, 4) is 5.75 Å². The van der Waals surface area contributed by atoms with E-state index in [-0.39, 0.29) is 0 Å². The summed E-state index contributed by atoms with van der Waals surface area (Å²) in [5.74, 6) is 0.993. The highest BCUT2D eigenvalue weighted by atomic mass is 16.5. The van der Waals surface area contributed by atoms with E-state index in [4.69, 9.17) is 4.74 Å². The van der Waals surface area contributed by atoms with Crippen LogP contribution in [0.3, 0.4) is 0 Å². The Morgan fingerprint density at radius 3 is 2.62 bits per heavy atom. The molecule has 1 aromatic carbocycles. The third-order valence-electron chi connectivity index (χ3n) is 4.59. The van der Waals surface area contributed by atoms with Gasteiger partial charge in [-0.25, -0.2) is 0 Å². The predicted octanol–water partition coefficient (Wildman–Crippen LogP) is 3.61. The highest BCUT2D eigenvalue weighted by Crippen LogP contribution is 2.30. The van der Waals surface area contributed by atoms with Crippen molar-refractivity contribution < 1.29 is 4.74 Å². The van der Waals surface area contributed by atoms with Gasteiger partial charge in [0.15, 0.2) is 0 Å². The normalized spacial score (nSPS) is 20.8. The zero-order valence-electron chi connectivity index (χ0n) is 13.9. The van der Waals surface area contributed by atoms with Gasteiger partial charge >= 0.3 is 0 Å². The molecule has 3 nitrogen and oxygen atoms in total. The lowest BCUT2D eigenvalue weighted by Crippen LogP contribution is -2.46. The van der Waals surface area contributed by atoms with Gasteiger partial charge in [0.2, 0.25) is 0 Å². The van der Waals surface area contributed by atoms with Crippen LogP contribution in [0.4, 0.5) is 0 Å². The molecule has 1 fully saturated rings. The molecular weight excluding hydrogens is 260 g/mol. The molecule has 118 valence electrons. The van der Waals surface area contributed by atoms with E-state index in [2.05, 4.69) is 49.2 Å². The summed E-state index contributed by atoms with van der Waals surface area (Å²) in [6, 6.07) is 9.90. The van der Waals surface area contributed by atoms with E-state index in [1.807, 2.05) is 6.07 Å². The van der Waals surface area contributed by atoms with Gasteiger partial charge in [-0.05, 0) is 46.2 Å². The Morgan fingerprint density at radius 1 is 1.24 bits per heavy atom. The van der Waals surface area contributed by atoms with Gasteiger partial charge in [0, 0.05) is 30.2 Å². The molecule has 3 heteroatoms. The number of para-hydroxylation sites is 1. The van der Waals surface area contributed by atoms with E-state index in [1.165, 1.54) is 31.4 Å². The maximum Gasteiger partial charge on any atom is 0.123 e. The minimum absolute atomic E-state index is 0.366. The third kappa shape index (κ3) is 4.21. The summed E-state index contributed by atoms with van der Waals surface area (Å²) in [4.78, 5) is 2.58. The average molecular weight is 290 g/mol. The number of hydrogen-bond donors (Lipinski definition) is 1. The molecule has 1 N–H and O–H groups in total.